The van der Waals surface area contributed by atoms with Crippen molar-refractivity contribution in [2.24, 2.45) is 5.92 Å². The van der Waals surface area contributed by atoms with Gasteiger partial charge >= 0.3 is 0 Å². The van der Waals surface area contributed by atoms with Crippen LogP contribution >= 0.6 is 15.9 Å². The van der Waals surface area contributed by atoms with E-state index in [2.05, 4.69) is 26.3 Å². The van der Waals surface area contributed by atoms with E-state index in [1.165, 1.54) is 12.1 Å². The number of carbonyl (C=O) groups excluding carboxylic acids is 2. The van der Waals surface area contributed by atoms with Crippen LogP contribution in [0.3, 0.4) is 0 Å². The molecule has 0 saturated carbocycles. The van der Waals surface area contributed by atoms with Crippen LogP contribution in [0.4, 0.5) is 15.9 Å². The zero-order valence-corrected chi connectivity index (χ0v) is 17.2. The zero-order chi connectivity index (χ0) is 20.5. The van der Waals surface area contributed by atoms with Crippen molar-refractivity contribution in [1.82, 2.24) is 9.78 Å². The van der Waals surface area contributed by atoms with E-state index in [9.17, 15) is 14.0 Å². The van der Waals surface area contributed by atoms with E-state index in [0.29, 0.717) is 23.7 Å². The molecule has 1 fully saturated rings. The van der Waals surface area contributed by atoms with Gasteiger partial charge in [0, 0.05) is 23.5 Å². The molecule has 1 aliphatic rings. The first kappa shape index (κ1) is 19.3. The summed E-state index contributed by atoms with van der Waals surface area (Å²) in [6.45, 7) is 2.11. The lowest BCUT2D eigenvalue weighted by Crippen LogP contribution is -2.28. The maximum absolute atomic E-state index is 13.2. The van der Waals surface area contributed by atoms with Gasteiger partial charge in [-0.3, -0.25) is 9.59 Å². The van der Waals surface area contributed by atoms with Crippen LogP contribution in [-0.4, -0.2) is 28.1 Å². The number of carbonyl (C=O) groups is 2. The molecule has 1 aliphatic heterocycles. The van der Waals surface area contributed by atoms with E-state index in [0.717, 1.165) is 10.2 Å². The number of hydrogen-bond donors (Lipinski definition) is 1. The molecule has 0 bridgehead atoms. The van der Waals surface area contributed by atoms with Gasteiger partial charge in [0.25, 0.3) is 0 Å². The number of hydrogen-bond acceptors (Lipinski definition) is 3. The lowest BCUT2D eigenvalue weighted by atomic mass is 10.1. The van der Waals surface area contributed by atoms with Crippen molar-refractivity contribution in [3.05, 3.63) is 70.6 Å². The monoisotopic (exact) mass is 456 g/mol. The van der Waals surface area contributed by atoms with Crippen LogP contribution < -0.4 is 10.2 Å². The summed E-state index contributed by atoms with van der Waals surface area (Å²) in [4.78, 5) is 27.0. The van der Waals surface area contributed by atoms with Crippen molar-refractivity contribution < 1.29 is 14.0 Å². The molecule has 3 aromatic rings. The predicted molar refractivity (Wildman–Crippen MR) is 111 cm³/mol. The van der Waals surface area contributed by atoms with E-state index in [1.54, 1.807) is 27.8 Å². The Hall–Kier alpha value is -3.00. The highest BCUT2D eigenvalue weighted by molar-refractivity contribution is 9.10. The molecule has 0 spiro atoms. The summed E-state index contributed by atoms with van der Waals surface area (Å²) in [7, 11) is 0. The SMILES string of the molecule is Cc1cc(NC(=O)C2CC(=O)N(c3ccccc3Br)C2)n(-c2ccc(F)cc2)n1. The first-order chi connectivity index (χ1) is 13.9. The van der Waals surface area contributed by atoms with Crippen molar-refractivity contribution in [2.75, 3.05) is 16.8 Å². The van der Waals surface area contributed by atoms with Gasteiger partial charge in [0.05, 0.1) is 23.0 Å². The van der Waals surface area contributed by atoms with Crippen molar-refractivity contribution in [3.8, 4) is 5.69 Å². The van der Waals surface area contributed by atoms with Crippen molar-refractivity contribution in [3.63, 3.8) is 0 Å². The molecular weight excluding hydrogens is 439 g/mol. The summed E-state index contributed by atoms with van der Waals surface area (Å²) in [5, 5.41) is 7.25. The van der Waals surface area contributed by atoms with E-state index in [-0.39, 0.29) is 24.1 Å². The largest absolute Gasteiger partial charge is 0.310 e. The first-order valence-corrected chi connectivity index (χ1v) is 9.90. The first-order valence-electron chi connectivity index (χ1n) is 9.11. The molecule has 6 nitrogen and oxygen atoms in total. The van der Waals surface area contributed by atoms with Gasteiger partial charge in [-0.05, 0) is 59.3 Å². The second-order valence-corrected chi connectivity index (χ2v) is 7.76. The number of nitrogens with one attached hydrogen (secondary N) is 1. The minimum Gasteiger partial charge on any atom is -0.310 e. The highest BCUT2D eigenvalue weighted by Gasteiger charge is 2.36. The number of aromatic nitrogens is 2. The van der Waals surface area contributed by atoms with Gasteiger partial charge in [-0.15, -0.1) is 0 Å². The van der Waals surface area contributed by atoms with Crippen LogP contribution in [0.2, 0.25) is 0 Å². The van der Waals surface area contributed by atoms with Crippen LogP contribution in [0.25, 0.3) is 5.69 Å². The lowest BCUT2D eigenvalue weighted by Gasteiger charge is -2.18. The Morgan fingerprint density at radius 3 is 2.66 bits per heavy atom. The van der Waals surface area contributed by atoms with Crippen LogP contribution in [0.1, 0.15) is 12.1 Å². The van der Waals surface area contributed by atoms with Crippen LogP contribution in [0.15, 0.2) is 59.1 Å². The Labute approximate surface area is 175 Å². The molecule has 1 atom stereocenters. The fourth-order valence-electron chi connectivity index (χ4n) is 3.38. The minimum atomic E-state index is -0.480. The molecule has 2 heterocycles. The van der Waals surface area contributed by atoms with Crippen LogP contribution in [0.5, 0.6) is 0 Å². The van der Waals surface area contributed by atoms with E-state index >= 15 is 0 Å². The average molecular weight is 457 g/mol. The number of aryl methyl sites for hydroxylation is 1. The molecule has 1 saturated heterocycles. The average Bonchev–Trinajstić information content (AvgIpc) is 3.25. The lowest BCUT2D eigenvalue weighted by molar-refractivity contribution is -0.122. The van der Waals surface area contributed by atoms with Gasteiger partial charge in [0.1, 0.15) is 11.6 Å². The molecule has 8 heteroatoms. The third-order valence-corrected chi connectivity index (χ3v) is 5.46. The summed E-state index contributed by atoms with van der Waals surface area (Å²) in [5.41, 5.74) is 2.09. The maximum Gasteiger partial charge on any atom is 0.230 e. The molecule has 148 valence electrons. The minimum absolute atomic E-state index is 0.0970. The Balaban J connectivity index is 1.53. The molecule has 29 heavy (non-hydrogen) atoms. The summed E-state index contributed by atoms with van der Waals surface area (Å²) in [6.07, 6.45) is 0.136. The number of para-hydroxylation sites is 1. The fourth-order valence-corrected chi connectivity index (χ4v) is 3.88. The van der Waals surface area contributed by atoms with Crippen LogP contribution in [0, 0.1) is 18.7 Å². The summed E-state index contributed by atoms with van der Waals surface area (Å²) in [6, 6.07) is 15.0. The quantitative estimate of drug-likeness (QED) is 0.643. The number of benzene rings is 2. The fraction of sp³-hybridized carbons (Fsp3) is 0.190. The van der Waals surface area contributed by atoms with Gasteiger partial charge in [-0.1, -0.05) is 12.1 Å². The summed E-state index contributed by atoms with van der Waals surface area (Å²) >= 11 is 3.46. The van der Waals surface area contributed by atoms with Crippen LogP contribution in [-0.2, 0) is 9.59 Å². The second-order valence-electron chi connectivity index (χ2n) is 6.91. The highest BCUT2D eigenvalue weighted by atomic mass is 79.9. The van der Waals surface area contributed by atoms with Crippen molar-refractivity contribution in [1.29, 1.82) is 0 Å². The molecule has 1 unspecified atom stereocenters. The standard InChI is InChI=1S/C21H18BrFN4O2/c1-13-10-19(27(25-13)16-8-6-15(23)7-9-16)24-21(29)14-11-20(28)26(12-14)18-5-3-2-4-17(18)22/h2-10,14H,11-12H2,1H3,(H,24,29). The summed E-state index contributed by atoms with van der Waals surface area (Å²) in [5.74, 6) is -0.700. The van der Waals surface area contributed by atoms with Crippen molar-refractivity contribution in [2.45, 2.75) is 13.3 Å². The van der Waals surface area contributed by atoms with Crippen molar-refractivity contribution >= 4 is 39.2 Å². The third kappa shape index (κ3) is 3.93. The number of amides is 2. The normalized spacial score (nSPS) is 16.3. The van der Waals surface area contributed by atoms with E-state index in [4.69, 9.17) is 0 Å². The maximum atomic E-state index is 13.2. The van der Waals surface area contributed by atoms with Gasteiger partial charge in [-0.25, -0.2) is 9.07 Å². The molecule has 0 aliphatic carbocycles. The molecule has 1 N–H and O–H groups in total. The predicted octanol–water partition coefficient (Wildman–Crippen LogP) is 4.07. The van der Waals surface area contributed by atoms with Gasteiger partial charge in [0.15, 0.2) is 0 Å². The topological polar surface area (TPSA) is 67.2 Å². The highest BCUT2D eigenvalue weighted by Crippen LogP contribution is 2.31. The smallest absolute Gasteiger partial charge is 0.230 e. The Morgan fingerprint density at radius 1 is 1.21 bits per heavy atom. The van der Waals surface area contributed by atoms with E-state index in [1.807, 2.05) is 31.2 Å². The van der Waals surface area contributed by atoms with Gasteiger partial charge in [0.2, 0.25) is 11.8 Å². The third-order valence-electron chi connectivity index (χ3n) is 4.79. The molecule has 4 rings (SSSR count). The molecule has 0 radical (unpaired) electrons. The Bertz CT molecular complexity index is 1080. The van der Waals surface area contributed by atoms with Gasteiger partial charge < -0.3 is 10.2 Å². The number of nitrogens with zero attached hydrogens (tertiary/aromatic N) is 3. The zero-order valence-electron chi connectivity index (χ0n) is 15.6. The molecular formula is C21H18BrFN4O2. The molecule has 1 aromatic heterocycles. The second kappa shape index (κ2) is 7.79. The van der Waals surface area contributed by atoms with E-state index < -0.39 is 5.92 Å². The number of halogens is 2. The summed E-state index contributed by atoms with van der Waals surface area (Å²) < 4.78 is 15.6. The number of anilines is 2. The molecule has 2 aromatic carbocycles. The Kier molecular flexibility index (Phi) is 5.19. The number of rotatable bonds is 4. The van der Waals surface area contributed by atoms with Gasteiger partial charge in [-0.2, -0.15) is 5.10 Å². The Morgan fingerprint density at radius 2 is 1.93 bits per heavy atom. The molecule has 2 amide bonds.